The van der Waals surface area contributed by atoms with Gasteiger partial charge in [0.05, 0.1) is 10.7 Å². The maximum atomic E-state index is 11.9. The van der Waals surface area contributed by atoms with Gasteiger partial charge in [0.25, 0.3) is 10.9 Å². The lowest BCUT2D eigenvalue weighted by molar-refractivity contribution is -0.384. The SMILES string of the molecule is O=C(CSc1nnc(-c2ccccc2)o1)Nc1ccc([N+](=O)[O-])cc1. The minimum Gasteiger partial charge on any atom is -0.411 e. The van der Waals surface area contributed by atoms with Crippen molar-refractivity contribution in [3.05, 3.63) is 64.7 Å². The van der Waals surface area contributed by atoms with E-state index in [9.17, 15) is 14.9 Å². The number of hydrogen-bond donors (Lipinski definition) is 1. The van der Waals surface area contributed by atoms with Crippen molar-refractivity contribution in [2.45, 2.75) is 5.22 Å². The molecule has 0 saturated carbocycles. The first-order valence-electron chi connectivity index (χ1n) is 7.18. The molecule has 126 valence electrons. The molecule has 0 aliphatic carbocycles. The van der Waals surface area contributed by atoms with Crippen LogP contribution in [0, 0.1) is 10.1 Å². The smallest absolute Gasteiger partial charge is 0.277 e. The largest absolute Gasteiger partial charge is 0.411 e. The lowest BCUT2D eigenvalue weighted by Crippen LogP contribution is -2.13. The monoisotopic (exact) mass is 356 g/mol. The summed E-state index contributed by atoms with van der Waals surface area (Å²) in [6.07, 6.45) is 0. The van der Waals surface area contributed by atoms with Crippen LogP contribution in [0.25, 0.3) is 11.5 Å². The van der Waals surface area contributed by atoms with Crippen molar-refractivity contribution >= 4 is 29.0 Å². The quantitative estimate of drug-likeness (QED) is 0.409. The van der Waals surface area contributed by atoms with Gasteiger partial charge in [-0.2, -0.15) is 0 Å². The van der Waals surface area contributed by atoms with Crippen molar-refractivity contribution < 1.29 is 14.1 Å². The number of anilines is 1. The standard InChI is InChI=1S/C16H12N4O4S/c21-14(17-12-6-8-13(9-7-12)20(22)23)10-25-16-19-18-15(24-16)11-4-2-1-3-5-11/h1-9H,10H2,(H,17,21). The van der Waals surface area contributed by atoms with E-state index < -0.39 is 4.92 Å². The zero-order valence-corrected chi connectivity index (χ0v) is 13.6. The van der Waals surface area contributed by atoms with Crippen LogP contribution in [0.4, 0.5) is 11.4 Å². The fourth-order valence-corrected chi connectivity index (χ4v) is 2.52. The Hall–Kier alpha value is -3.20. The van der Waals surface area contributed by atoms with Crippen molar-refractivity contribution in [3.63, 3.8) is 0 Å². The second-order valence-electron chi connectivity index (χ2n) is 4.88. The minimum atomic E-state index is -0.499. The van der Waals surface area contributed by atoms with Crippen LogP contribution in [0.15, 0.2) is 64.2 Å². The second-order valence-corrected chi connectivity index (χ2v) is 5.81. The number of carbonyl (C=O) groups is 1. The third-order valence-electron chi connectivity index (χ3n) is 3.12. The molecule has 0 aliphatic heterocycles. The molecular weight excluding hydrogens is 344 g/mol. The molecule has 0 atom stereocenters. The van der Waals surface area contributed by atoms with E-state index >= 15 is 0 Å². The number of non-ortho nitro benzene ring substituents is 1. The Bertz CT molecular complexity index is 881. The van der Waals surface area contributed by atoms with Crippen LogP contribution in [0.3, 0.4) is 0 Å². The lowest BCUT2D eigenvalue weighted by atomic mass is 10.2. The summed E-state index contributed by atoms with van der Waals surface area (Å²) >= 11 is 1.11. The van der Waals surface area contributed by atoms with Crippen molar-refractivity contribution in [2.24, 2.45) is 0 Å². The van der Waals surface area contributed by atoms with Gasteiger partial charge < -0.3 is 9.73 Å². The molecule has 1 N–H and O–H groups in total. The molecule has 3 rings (SSSR count). The number of nitrogens with one attached hydrogen (secondary N) is 1. The number of amides is 1. The Balaban J connectivity index is 1.54. The van der Waals surface area contributed by atoms with Crippen LogP contribution in [0.2, 0.25) is 0 Å². The van der Waals surface area contributed by atoms with Gasteiger partial charge in [-0.15, -0.1) is 10.2 Å². The van der Waals surface area contributed by atoms with E-state index in [2.05, 4.69) is 15.5 Å². The molecule has 0 fully saturated rings. The number of nitro groups is 1. The Morgan fingerprint density at radius 3 is 2.52 bits per heavy atom. The zero-order valence-electron chi connectivity index (χ0n) is 12.8. The highest BCUT2D eigenvalue weighted by Gasteiger charge is 2.11. The van der Waals surface area contributed by atoms with Gasteiger partial charge in [-0.05, 0) is 24.3 Å². The van der Waals surface area contributed by atoms with E-state index in [1.165, 1.54) is 24.3 Å². The molecule has 3 aromatic rings. The van der Waals surface area contributed by atoms with Gasteiger partial charge in [-0.25, -0.2) is 0 Å². The summed E-state index contributed by atoms with van der Waals surface area (Å²) in [5.41, 5.74) is 1.25. The van der Waals surface area contributed by atoms with Gasteiger partial charge in [-0.1, -0.05) is 30.0 Å². The first-order valence-corrected chi connectivity index (χ1v) is 8.16. The molecular formula is C16H12N4O4S. The predicted octanol–water partition coefficient (Wildman–Crippen LogP) is 3.38. The van der Waals surface area contributed by atoms with Gasteiger partial charge in [0.15, 0.2) is 0 Å². The number of carbonyl (C=O) groups excluding carboxylic acids is 1. The number of aromatic nitrogens is 2. The number of thioether (sulfide) groups is 1. The average molecular weight is 356 g/mol. The third-order valence-corrected chi connectivity index (χ3v) is 3.93. The van der Waals surface area contributed by atoms with Gasteiger partial charge in [0.1, 0.15) is 0 Å². The maximum Gasteiger partial charge on any atom is 0.277 e. The molecule has 0 spiro atoms. The fraction of sp³-hybridized carbons (Fsp3) is 0.0625. The number of nitro benzene ring substituents is 1. The molecule has 25 heavy (non-hydrogen) atoms. The fourth-order valence-electron chi connectivity index (χ4n) is 1.96. The van der Waals surface area contributed by atoms with Crippen molar-refractivity contribution in [3.8, 4) is 11.5 Å². The van der Waals surface area contributed by atoms with Crippen molar-refractivity contribution in [2.75, 3.05) is 11.1 Å². The van der Waals surface area contributed by atoms with Crippen LogP contribution >= 0.6 is 11.8 Å². The number of benzene rings is 2. The van der Waals surface area contributed by atoms with E-state index in [-0.39, 0.29) is 22.6 Å². The number of rotatable bonds is 6. The first kappa shape index (κ1) is 16.7. The summed E-state index contributed by atoms with van der Waals surface area (Å²) in [4.78, 5) is 22.0. The Kier molecular flexibility index (Phi) is 5.05. The second kappa shape index (κ2) is 7.58. The van der Waals surface area contributed by atoms with E-state index in [1.54, 1.807) is 0 Å². The van der Waals surface area contributed by atoms with E-state index in [0.29, 0.717) is 11.6 Å². The summed E-state index contributed by atoms with van der Waals surface area (Å²) in [6.45, 7) is 0. The van der Waals surface area contributed by atoms with Gasteiger partial charge >= 0.3 is 0 Å². The number of hydrogen-bond acceptors (Lipinski definition) is 7. The zero-order chi connectivity index (χ0) is 17.6. The van der Waals surface area contributed by atoms with Crippen LogP contribution < -0.4 is 5.32 Å². The molecule has 1 heterocycles. The van der Waals surface area contributed by atoms with Crippen molar-refractivity contribution in [1.82, 2.24) is 10.2 Å². The predicted molar refractivity (Wildman–Crippen MR) is 92.2 cm³/mol. The molecule has 0 aliphatic rings. The lowest BCUT2D eigenvalue weighted by Gasteiger charge is -2.03. The normalized spacial score (nSPS) is 10.4. The van der Waals surface area contributed by atoms with Crippen LogP contribution in [0.5, 0.6) is 0 Å². The molecule has 2 aromatic carbocycles. The number of nitrogens with zero attached hydrogens (tertiary/aromatic N) is 3. The van der Waals surface area contributed by atoms with Crippen LogP contribution in [0.1, 0.15) is 0 Å². The highest BCUT2D eigenvalue weighted by molar-refractivity contribution is 7.99. The summed E-state index contributed by atoms with van der Waals surface area (Å²) in [5.74, 6) is 0.185. The maximum absolute atomic E-state index is 11.9. The van der Waals surface area contributed by atoms with Crippen molar-refractivity contribution in [1.29, 1.82) is 0 Å². The van der Waals surface area contributed by atoms with Gasteiger partial charge in [0.2, 0.25) is 11.8 Å². The third kappa shape index (κ3) is 4.42. The summed E-state index contributed by atoms with van der Waals surface area (Å²) in [6, 6.07) is 14.9. The van der Waals surface area contributed by atoms with E-state index in [0.717, 1.165) is 17.3 Å². The molecule has 8 nitrogen and oxygen atoms in total. The molecule has 1 amide bonds. The minimum absolute atomic E-state index is 0.0355. The molecule has 9 heteroatoms. The van der Waals surface area contributed by atoms with Gasteiger partial charge in [-0.3, -0.25) is 14.9 Å². The Morgan fingerprint density at radius 1 is 1.12 bits per heavy atom. The summed E-state index contributed by atoms with van der Waals surface area (Å²) in [5, 5.41) is 21.4. The molecule has 0 radical (unpaired) electrons. The first-order chi connectivity index (χ1) is 12.1. The molecule has 0 bridgehead atoms. The molecule has 0 saturated heterocycles. The Labute approximate surface area is 146 Å². The summed E-state index contributed by atoms with van der Waals surface area (Å²) in [7, 11) is 0. The topological polar surface area (TPSA) is 111 Å². The van der Waals surface area contributed by atoms with Crippen LogP contribution in [-0.4, -0.2) is 26.8 Å². The summed E-state index contributed by atoms with van der Waals surface area (Å²) < 4.78 is 5.50. The Morgan fingerprint density at radius 2 is 1.84 bits per heavy atom. The molecule has 0 unspecified atom stereocenters. The van der Waals surface area contributed by atoms with Crippen LogP contribution in [-0.2, 0) is 4.79 Å². The van der Waals surface area contributed by atoms with E-state index in [1.807, 2.05) is 30.3 Å². The average Bonchev–Trinajstić information content (AvgIpc) is 3.10. The molecule has 1 aromatic heterocycles. The van der Waals surface area contributed by atoms with Gasteiger partial charge in [0, 0.05) is 23.4 Å². The van der Waals surface area contributed by atoms with E-state index in [4.69, 9.17) is 4.42 Å². The highest BCUT2D eigenvalue weighted by atomic mass is 32.2. The highest BCUT2D eigenvalue weighted by Crippen LogP contribution is 2.23.